The molecular formula is C26H44OSi. The molecule has 6 atom stereocenters. The zero-order valence-corrected chi connectivity index (χ0v) is 20.2. The van der Waals surface area contributed by atoms with E-state index in [4.69, 9.17) is 4.43 Å². The van der Waals surface area contributed by atoms with Gasteiger partial charge >= 0.3 is 0 Å². The Morgan fingerprint density at radius 3 is 2.43 bits per heavy atom. The van der Waals surface area contributed by atoms with Crippen LogP contribution in [0, 0.1) is 29.1 Å². The Hall–Kier alpha value is -0.343. The summed E-state index contributed by atoms with van der Waals surface area (Å²) in [6.07, 6.45) is 16.8. The molecule has 2 heteroatoms. The summed E-state index contributed by atoms with van der Waals surface area (Å²) in [5.41, 5.74) is 4.12. The van der Waals surface area contributed by atoms with Crippen LogP contribution in [0.5, 0.6) is 0 Å². The molecule has 5 unspecified atom stereocenters. The van der Waals surface area contributed by atoms with Gasteiger partial charge in [0, 0.05) is 0 Å². The van der Waals surface area contributed by atoms with E-state index in [1.807, 2.05) is 0 Å². The summed E-state index contributed by atoms with van der Waals surface area (Å²) in [6.45, 7) is 12.0. The van der Waals surface area contributed by atoms with Crippen LogP contribution in [0.1, 0.15) is 86.0 Å². The van der Waals surface area contributed by atoms with Gasteiger partial charge in [0.15, 0.2) is 8.32 Å². The standard InChI is InChI=1S/C26H44OSi/c1-6-20-11-15-25-24-13-10-19-18-21(27-28(7-2,8-3)9-4)12-14-22(19)23(24)16-17-26(20,25)5/h6,18,21-25H,7-17H2,1-5H3/b20-6+/t21?,22?,23?,24?,25?,26-/m0/s1. The molecule has 0 bridgehead atoms. The SMILES string of the molecule is C/C=C1\CCC2C3CCC4=CC(O[Si](CC)(CC)CC)CCC4C3CC[C@@]12C. The lowest BCUT2D eigenvalue weighted by Gasteiger charge is -2.53. The highest BCUT2D eigenvalue weighted by Crippen LogP contribution is 2.63. The molecule has 0 aromatic rings. The predicted octanol–water partition coefficient (Wildman–Crippen LogP) is 7.90. The number of hydrogen-bond donors (Lipinski definition) is 0. The smallest absolute Gasteiger partial charge is 0.192 e. The van der Waals surface area contributed by atoms with Crippen LogP contribution in [0.2, 0.25) is 18.1 Å². The van der Waals surface area contributed by atoms with Gasteiger partial charge in [0.25, 0.3) is 0 Å². The molecule has 4 rings (SSSR count). The van der Waals surface area contributed by atoms with E-state index in [2.05, 4.69) is 46.8 Å². The van der Waals surface area contributed by atoms with Gasteiger partial charge in [0.1, 0.15) is 0 Å². The summed E-state index contributed by atoms with van der Waals surface area (Å²) >= 11 is 0. The molecule has 0 aromatic carbocycles. The zero-order chi connectivity index (χ0) is 19.9. The Bertz CT molecular complexity index is 622. The Morgan fingerprint density at radius 1 is 1.00 bits per heavy atom. The first-order valence-corrected chi connectivity index (χ1v) is 15.1. The summed E-state index contributed by atoms with van der Waals surface area (Å²) in [7, 11) is -1.49. The summed E-state index contributed by atoms with van der Waals surface area (Å²) in [5, 5.41) is 0. The van der Waals surface area contributed by atoms with Gasteiger partial charge in [-0.05, 0) is 106 Å². The van der Waals surface area contributed by atoms with Crippen molar-refractivity contribution in [2.45, 2.75) is 110 Å². The number of hydrogen-bond acceptors (Lipinski definition) is 1. The van der Waals surface area contributed by atoms with Crippen molar-refractivity contribution in [3.8, 4) is 0 Å². The Kier molecular flexibility index (Phi) is 6.02. The van der Waals surface area contributed by atoms with Crippen LogP contribution in [0.25, 0.3) is 0 Å². The third kappa shape index (κ3) is 3.31. The van der Waals surface area contributed by atoms with Crippen LogP contribution in [0.3, 0.4) is 0 Å². The third-order valence-electron chi connectivity index (χ3n) is 9.94. The van der Waals surface area contributed by atoms with E-state index in [-0.39, 0.29) is 0 Å². The molecule has 3 saturated carbocycles. The first-order valence-electron chi connectivity index (χ1n) is 12.5. The molecule has 3 fully saturated rings. The second-order valence-electron chi connectivity index (χ2n) is 10.6. The van der Waals surface area contributed by atoms with E-state index in [0.29, 0.717) is 11.5 Å². The Labute approximate surface area is 175 Å². The molecular weight excluding hydrogens is 356 g/mol. The van der Waals surface area contributed by atoms with Crippen LogP contribution in [-0.2, 0) is 4.43 Å². The van der Waals surface area contributed by atoms with Gasteiger partial charge in [0.2, 0.25) is 0 Å². The molecule has 4 aliphatic carbocycles. The summed E-state index contributed by atoms with van der Waals surface area (Å²) < 4.78 is 6.88. The maximum atomic E-state index is 6.88. The normalized spacial score (nSPS) is 42.0. The average molecular weight is 401 g/mol. The minimum Gasteiger partial charge on any atom is -0.411 e. The molecule has 158 valence electrons. The van der Waals surface area contributed by atoms with Crippen LogP contribution in [0.15, 0.2) is 23.3 Å². The van der Waals surface area contributed by atoms with E-state index in [1.165, 1.54) is 69.5 Å². The van der Waals surface area contributed by atoms with Crippen molar-refractivity contribution >= 4 is 8.32 Å². The molecule has 1 nitrogen and oxygen atoms in total. The minimum absolute atomic E-state index is 0.435. The van der Waals surface area contributed by atoms with E-state index < -0.39 is 8.32 Å². The number of allylic oxidation sites excluding steroid dienone is 3. The van der Waals surface area contributed by atoms with Crippen LogP contribution >= 0.6 is 0 Å². The van der Waals surface area contributed by atoms with Crippen molar-refractivity contribution in [3.63, 3.8) is 0 Å². The Balaban J connectivity index is 1.49. The predicted molar refractivity (Wildman–Crippen MR) is 123 cm³/mol. The molecule has 0 radical (unpaired) electrons. The summed E-state index contributed by atoms with van der Waals surface area (Å²) in [6, 6.07) is 3.84. The van der Waals surface area contributed by atoms with Crippen molar-refractivity contribution in [2.75, 3.05) is 0 Å². The fraction of sp³-hybridized carbons (Fsp3) is 0.846. The lowest BCUT2D eigenvalue weighted by Crippen LogP contribution is -2.46. The highest BCUT2D eigenvalue weighted by atomic mass is 28.4. The molecule has 0 N–H and O–H groups in total. The van der Waals surface area contributed by atoms with Gasteiger partial charge in [-0.25, -0.2) is 0 Å². The molecule has 0 heterocycles. The average Bonchev–Trinajstić information content (AvgIpc) is 3.08. The van der Waals surface area contributed by atoms with Crippen molar-refractivity contribution in [2.24, 2.45) is 29.1 Å². The van der Waals surface area contributed by atoms with Gasteiger partial charge in [0.05, 0.1) is 6.10 Å². The second-order valence-corrected chi connectivity index (χ2v) is 15.3. The first kappa shape index (κ1) is 20.9. The quantitative estimate of drug-likeness (QED) is 0.336. The highest BCUT2D eigenvalue weighted by molar-refractivity contribution is 6.73. The van der Waals surface area contributed by atoms with Gasteiger partial charge in [-0.1, -0.05) is 51.0 Å². The second kappa shape index (κ2) is 8.06. The maximum absolute atomic E-state index is 6.88. The third-order valence-corrected chi connectivity index (χ3v) is 14.6. The lowest BCUT2D eigenvalue weighted by atomic mass is 9.52. The first-order chi connectivity index (χ1) is 13.5. The van der Waals surface area contributed by atoms with Gasteiger partial charge in [-0.2, -0.15) is 0 Å². The topological polar surface area (TPSA) is 9.23 Å². The van der Waals surface area contributed by atoms with Crippen LogP contribution in [-0.4, -0.2) is 14.4 Å². The summed E-state index contributed by atoms with van der Waals surface area (Å²) in [4.78, 5) is 0. The van der Waals surface area contributed by atoms with Crippen molar-refractivity contribution in [1.29, 1.82) is 0 Å². The van der Waals surface area contributed by atoms with Gasteiger partial charge in [-0.3, -0.25) is 0 Å². The van der Waals surface area contributed by atoms with Crippen LogP contribution < -0.4 is 0 Å². The number of fused-ring (bicyclic) bond motifs is 5. The molecule has 4 aliphatic rings. The van der Waals surface area contributed by atoms with Gasteiger partial charge in [-0.15, -0.1) is 0 Å². The monoisotopic (exact) mass is 400 g/mol. The van der Waals surface area contributed by atoms with E-state index in [9.17, 15) is 0 Å². The fourth-order valence-corrected chi connectivity index (χ4v) is 10.9. The molecule has 28 heavy (non-hydrogen) atoms. The largest absolute Gasteiger partial charge is 0.411 e. The Morgan fingerprint density at radius 2 is 1.75 bits per heavy atom. The van der Waals surface area contributed by atoms with Crippen molar-refractivity contribution in [1.82, 2.24) is 0 Å². The maximum Gasteiger partial charge on any atom is 0.192 e. The molecule has 0 saturated heterocycles. The van der Waals surface area contributed by atoms with E-state index >= 15 is 0 Å². The molecule has 0 aliphatic heterocycles. The molecule has 0 spiro atoms. The summed E-state index contributed by atoms with van der Waals surface area (Å²) in [5.74, 6) is 3.82. The number of rotatable bonds is 5. The lowest BCUT2D eigenvalue weighted by molar-refractivity contribution is 0.00883. The minimum atomic E-state index is -1.49. The van der Waals surface area contributed by atoms with E-state index in [1.54, 1.807) is 11.1 Å². The van der Waals surface area contributed by atoms with Crippen molar-refractivity contribution < 1.29 is 4.43 Å². The fourth-order valence-electron chi connectivity index (χ4n) is 8.03. The van der Waals surface area contributed by atoms with Crippen LogP contribution in [0.4, 0.5) is 0 Å². The molecule has 0 aromatic heterocycles. The zero-order valence-electron chi connectivity index (χ0n) is 19.2. The van der Waals surface area contributed by atoms with Gasteiger partial charge < -0.3 is 4.43 Å². The molecule has 0 amide bonds. The highest BCUT2D eigenvalue weighted by Gasteiger charge is 2.54. The van der Waals surface area contributed by atoms with E-state index in [0.717, 1.165) is 23.7 Å². The van der Waals surface area contributed by atoms with Crippen molar-refractivity contribution in [3.05, 3.63) is 23.3 Å².